The Morgan fingerprint density at radius 1 is 0.917 bits per heavy atom. The molecule has 1 aliphatic carbocycles. The van der Waals surface area contributed by atoms with Crippen LogP contribution in [0, 0.1) is 5.92 Å². The molecule has 2 nitrogen and oxygen atoms in total. The van der Waals surface area contributed by atoms with Gasteiger partial charge in [0.05, 0.1) is 4.90 Å². The number of unbranched alkanes of at least 4 members (excludes halogenated alkanes) is 4. The zero-order chi connectivity index (χ0) is 17.7. The SMILES string of the molecule is CCCCCCCC1CCCCCC1.O=S(=O)(Cl)c1ccccc1. The van der Waals surface area contributed by atoms with E-state index in [9.17, 15) is 8.42 Å². The van der Waals surface area contributed by atoms with Crippen molar-refractivity contribution in [3.05, 3.63) is 30.3 Å². The van der Waals surface area contributed by atoms with Crippen molar-refractivity contribution in [3.8, 4) is 0 Å². The molecule has 0 radical (unpaired) electrons. The number of hydrogen-bond donors (Lipinski definition) is 0. The molecule has 138 valence electrons. The average Bonchev–Trinajstić information content (AvgIpc) is 2.84. The van der Waals surface area contributed by atoms with E-state index in [0.29, 0.717) is 0 Å². The Labute approximate surface area is 153 Å². The van der Waals surface area contributed by atoms with Gasteiger partial charge in [-0.2, -0.15) is 0 Å². The number of rotatable bonds is 7. The van der Waals surface area contributed by atoms with Gasteiger partial charge in [0, 0.05) is 10.7 Å². The largest absolute Gasteiger partial charge is 0.261 e. The number of benzene rings is 1. The molecule has 2 rings (SSSR count). The molecule has 0 spiro atoms. The maximum atomic E-state index is 10.6. The summed E-state index contributed by atoms with van der Waals surface area (Å²) < 4.78 is 21.2. The van der Waals surface area contributed by atoms with Crippen LogP contribution in [0.3, 0.4) is 0 Å². The van der Waals surface area contributed by atoms with Crippen LogP contribution in [0.5, 0.6) is 0 Å². The van der Waals surface area contributed by atoms with Gasteiger partial charge in [-0.3, -0.25) is 0 Å². The lowest BCUT2D eigenvalue weighted by Crippen LogP contribution is -1.98. The summed E-state index contributed by atoms with van der Waals surface area (Å²) in [7, 11) is 1.50. The second-order valence-corrected chi connectivity index (χ2v) is 9.38. The predicted octanol–water partition coefficient (Wildman–Crippen LogP) is 6.93. The van der Waals surface area contributed by atoms with E-state index in [-0.39, 0.29) is 4.90 Å². The minimum absolute atomic E-state index is 0.136. The fourth-order valence-corrected chi connectivity index (χ4v) is 4.06. The molecule has 1 aliphatic rings. The third-order valence-corrected chi connectivity index (χ3v) is 6.09. The van der Waals surface area contributed by atoms with Gasteiger partial charge in [0.15, 0.2) is 0 Å². The van der Waals surface area contributed by atoms with E-state index in [1.807, 2.05) is 0 Å². The molecule has 0 bridgehead atoms. The van der Waals surface area contributed by atoms with E-state index in [0.717, 1.165) is 5.92 Å². The smallest absolute Gasteiger partial charge is 0.207 e. The van der Waals surface area contributed by atoms with Gasteiger partial charge in [0.1, 0.15) is 0 Å². The molecule has 0 N–H and O–H groups in total. The van der Waals surface area contributed by atoms with Crippen molar-refractivity contribution in [2.75, 3.05) is 0 Å². The van der Waals surface area contributed by atoms with Crippen molar-refractivity contribution in [2.24, 2.45) is 5.92 Å². The van der Waals surface area contributed by atoms with Crippen LogP contribution < -0.4 is 0 Å². The van der Waals surface area contributed by atoms with Crippen molar-refractivity contribution in [1.82, 2.24) is 0 Å². The van der Waals surface area contributed by atoms with E-state index in [2.05, 4.69) is 6.92 Å². The Morgan fingerprint density at radius 2 is 1.50 bits per heavy atom. The van der Waals surface area contributed by atoms with Gasteiger partial charge in [-0.15, -0.1) is 0 Å². The highest BCUT2D eigenvalue weighted by atomic mass is 35.7. The van der Waals surface area contributed by atoms with Crippen LogP contribution in [0.2, 0.25) is 0 Å². The van der Waals surface area contributed by atoms with Gasteiger partial charge in [0.2, 0.25) is 0 Å². The van der Waals surface area contributed by atoms with Crippen molar-refractivity contribution < 1.29 is 8.42 Å². The molecule has 0 unspecified atom stereocenters. The first-order chi connectivity index (χ1) is 11.5. The quantitative estimate of drug-likeness (QED) is 0.295. The zero-order valence-corrected chi connectivity index (χ0v) is 16.6. The summed E-state index contributed by atoms with van der Waals surface area (Å²) in [6.45, 7) is 2.30. The molecular formula is C20H33ClO2S. The van der Waals surface area contributed by atoms with E-state index in [1.165, 1.54) is 89.2 Å². The molecule has 0 aliphatic heterocycles. The first kappa shape index (κ1) is 21.5. The molecule has 1 saturated carbocycles. The summed E-state index contributed by atoms with van der Waals surface area (Å²) in [4.78, 5) is 0.136. The Balaban J connectivity index is 0.000000254. The maximum Gasteiger partial charge on any atom is 0.261 e. The summed E-state index contributed by atoms with van der Waals surface area (Å²) in [5, 5.41) is 0. The van der Waals surface area contributed by atoms with Gasteiger partial charge in [0.25, 0.3) is 9.05 Å². The van der Waals surface area contributed by atoms with Gasteiger partial charge < -0.3 is 0 Å². The lowest BCUT2D eigenvalue weighted by Gasteiger charge is -2.13. The minimum Gasteiger partial charge on any atom is -0.207 e. The van der Waals surface area contributed by atoms with Crippen molar-refractivity contribution in [1.29, 1.82) is 0 Å². The highest BCUT2D eigenvalue weighted by Gasteiger charge is 2.11. The molecule has 0 heterocycles. The highest BCUT2D eigenvalue weighted by molar-refractivity contribution is 8.13. The first-order valence-electron chi connectivity index (χ1n) is 9.53. The van der Waals surface area contributed by atoms with Crippen LogP contribution in [-0.2, 0) is 9.05 Å². The molecule has 1 aromatic rings. The van der Waals surface area contributed by atoms with Crippen LogP contribution >= 0.6 is 10.7 Å². The van der Waals surface area contributed by atoms with E-state index in [4.69, 9.17) is 10.7 Å². The molecule has 24 heavy (non-hydrogen) atoms. The first-order valence-corrected chi connectivity index (χ1v) is 11.8. The Morgan fingerprint density at radius 3 is 2.00 bits per heavy atom. The van der Waals surface area contributed by atoms with Gasteiger partial charge in [-0.1, -0.05) is 102 Å². The summed E-state index contributed by atoms with van der Waals surface area (Å²) in [6, 6.07) is 7.86. The normalized spacial score (nSPS) is 16.1. The van der Waals surface area contributed by atoms with E-state index in [1.54, 1.807) is 18.2 Å². The third-order valence-electron chi connectivity index (χ3n) is 4.72. The fraction of sp³-hybridized carbons (Fsp3) is 0.700. The molecule has 0 aromatic heterocycles. The van der Waals surface area contributed by atoms with E-state index >= 15 is 0 Å². The molecule has 4 heteroatoms. The summed E-state index contributed by atoms with van der Waals surface area (Å²) >= 11 is 0. The molecule has 0 atom stereocenters. The van der Waals surface area contributed by atoms with Crippen molar-refractivity contribution in [3.63, 3.8) is 0 Å². The minimum atomic E-state index is -3.53. The lowest BCUT2D eigenvalue weighted by molar-refractivity contribution is 0.405. The van der Waals surface area contributed by atoms with Gasteiger partial charge in [-0.25, -0.2) is 8.42 Å². The maximum absolute atomic E-state index is 10.6. The lowest BCUT2D eigenvalue weighted by atomic mass is 9.93. The predicted molar refractivity (Wildman–Crippen MR) is 104 cm³/mol. The Bertz CT molecular complexity index is 506. The Kier molecular flexibility index (Phi) is 11.4. The van der Waals surface area contributed by atoms with Crippen LogP contribution in [0.25, 0.3) is 0 Å². The second kappa shape index (κ2) is 12.8. The van der Waals surface area contributed by atoms with Crippen LogP contribution in [-0.4, -0.2) is 8.42 Å². The standard InChI is InChI=1S/C14H28.C6H5ClO2S/c1-2-3-4-5-8-11-14-12-9-6-7-10-13-14;7-10(8,9)6-4-2-1-3-5-6/h14H,2-13H2,1H3;1-5H. The highest BCUT2D eigenvalue weighted by Crippen LogP contribution is 2.27. The molecule has 0 amide bonds. The molecule has 1 fully saturated rings. The van der Waals surface area contributed by atoms with Gasteiger partial charge in [-0.05, 0) is 18.1 Å². The third kappa shape index (κ3) is 10.4. The molecule has 0 saturated heterocycles. The zero-order valence-electron chi connectivity index (χ0n) is 15.1. The van der Waals surface area contributed by atoms with Gasteiger partial charge >= 0.3 is 0 Å². The summed E-state index contributed by atoms with van der Waals surface area (Å²) in [5.41, 5.74) is 0. The van der Waals surface area contributed by atoms with E-state index < -0.39 is 9.05 Å². The van der Waals surface area contributed by atoms with Crippen molar-refractivity contribution in [2.45, 2.75) is 88.9 Å². The topological polar surface area (TPSA) is 34.1 Å². The monoisotopic (exact) mass is 372 g/mol. The molecule has 1 aromatic carbocycles. The van der Waals surface area contributed by atoms with Crippen molar-refractivity contribution >= 4 is 19.7 Å². The number of hydrogen-bond acceptors (Lipinski definition) is 2. The van der Waals surface area contributed by atoms with Crippen LogP contribution in [0.1, 0.15) is 84.0 Å². The van der Waals surface area contributed by atoms with Crippen LogP contribution in [0.4, 0.5) is 0 Å². The summed E-state index contributed by atoms with van der Waals surface area (Å²) in [6.07, 6.45) is 17.9. The Hall–Kier alpha value is -0.540. The second-order valence-electron chi connectivity index (χ2n) is 6.81. The number of halogens is 1. The average molecular weight is 373 g/mol. The fourth-order valence-electron chi connectivity index (χ4n) is 3.27. The summed E-state index contributed by atoms with van der Waals surface area (Å²) in [5.74, 6) is 1.10. The van der Waals surface area contributed by atoms with Crippen LogP contribution in [0.15, 0.2) is 35.2 Å². The molecular weight excluding hydrogens is 340 g/mol.